The molecular weight excluding hydrogens is 398 g/mol. The summed E-state index contributed by atoms with van der Waals surface area (Å²) in [5, 5.41) is 2.97. The summed E-state index contributed by atoms with van der Waals surface area (Å²) in [4.78, 5) is 13.0. The van der Waals surface area contributed by atoms with Crippen LogP contribution in [-0.2, 0) is 13.0 Å². The van der Waals surface area contributed by atoms with Crippen LogP contribution in [-0.4, -0.2) is 12.5 Å². The molecule has 0 bridgehead atoms. The van der Waals surface area contributed by atoms with Gasteiger partial charge in [0.15, 0.2) is 0 Å². The van der Waals surface area contributed by atoms with E-state index in [1.54, 1.807) is 6.07 Å². The third kappa shape index (κ3) is 5.76. The molecule has 4 nitrogen and oxygen atoms in total. The van der Waals surface area contributed by atoms with E-state index in [1.165, 1.54) is 5.56 Å². The minimum absolute atomic E-state index is 0.240. The maximum absolute atomic E-state index is 13.0. The van der Waals surface area contributed by atoms with E-state index in [2.05, 4.69) is 17.4 Å². The van der Waals surface area contributed by atoms with Crippen LogP contribution in [0.2, 0.25) is 0 Å². The average molecular weight is 424 g/mol. The van der Waals surface area contributed by atoms with Gasteiger partial charge in [0.05, 0.1) is 17.9 Å². The quantitative estimate of drug-likeness (QED) is 0.352. The van der Waals surface area contributed by atoms with Gasteiger partial charge in [-0.15, -0.1) is 0 Å². The number of anilines is 1. The van der Waals surface area contributed by atoms with Crippen LogP contribution in [0.4, 0.5) is 5.69 Å². The Morgan fingerprint density at radius 3 is 1.97 bits per heavy atom. The van der Waals surface area contributed by atoms with Gasteiger partial charge in [-0.1, -0.05) is 84.9 Å². The first-order valence-corrected chi connectivity index (χ1v) is 10.6. The Kier molecular flexibility index (Phi) is 7.17. The van der Waals surface area contributed by atoms with Gasteiger partial charge in [0, 0.05) is 6.42 Å². The average Bonchev–Trinajstić information content (AvgIpc) is 2.85. The molecule has 0 aromatic heterocycles. The van der Waals surface area contributed by atoms with Gasteiger partial charge in [-0.2, -0.15) is 0 Å². The van der Waals surface area contributed by atoms with Crippen molar-refractivity contribution in [3.63, 3.8) is 0 Å². The van der Waals surface area contributed by atoms with E-state index in [-0.39, 0.29) is 5.91 Å². The van der Waals surface area contributed by atoms with E-state index < -0.39 is 0 Å². The molecule has 4 heteroatoms. The van der Waals surface area contributed by atoms with Gasteiger partial charge in [0.2, 0.25) is 0 Å². The molecule has 4 rings (SSSR count). The van der Waals surface area contributed by atoms with Crippen molar-refractivity contribution in [3.05, 3.63) is 126 Å². The first-order valence-electron chi connectivity index (χ1n) is 10.6. The molecule has 0 atom stereocenters. The van der Waals surface area contributed by atoms with Gasteiger partial charge >= 0.3 is 0 Å². The SMILES string of the molecule is O=C(Nc1ccccc1OCc1ccccc1)c1ccccc1OCCc1ccccc1. The molecule has 0 unspecified atom stereocenters. The fourth-order valence-corrected chi connectivity index (χ4v) is 3.32. The summed E-state index contributed by atoms with van der Waals surface area (Å²) in [6.07, 6.45) is 0.771. The smallest absolute Gasteiger partial charge is 0.259 e. The third-order valence-electron chi connectivity index (χ3n) is 5.00. The van der Waals surface area contributed by atoms with Crippen LogP contribution in [0.25, 0.3) is 0 Å². The number of carbonyl (C=O) groups excluding carboxylic acids is 1. The molecule has 0 saturated heterocycles. The molecule has 1 amide bonds. The zero-order chi connectivity index (χ0) is 22.0. The second-order valence-corrected chi connectivity index (χ2v) is 7.30. The highest BCUT2D eigenvalue weighted by atomic mass is 16.5. The van der Waals surface area contributed by atoms with Gasteiger partial charge in [-0.3, -0.25) is 4.79 Å². The van der Waals surface area contributed by atoms with Gasteiger partial charge in [-0.05, 0) is 35.4 Å². The molecule has 0 spiro atoms. The molecule has 0 aliphatic heterocycles. The van der Waals surface area contributed by atoms with Crippen molar-refractivity contribution < 1.29 is 14.3 Å². The van der Waals surface area contributed by atoms with E-state index in [4.69, 9.17) is 9.47 Å². The maximum Gasteiger partial charge on any atom is 0.259 e. The van der Waals surface area contributed by atoms with Crippen LogP contribution in [0.5, 0.6) is 11.5 Å². The molecule has 4 aromatic rings. The van der Waals surface area contributed by atoms with E-state index in [0.717, 1.165) is 12.0 Å². The van der Waals surface area contributed by atoms with Crippen molar-refractivity contribution in [1.29, 1.82) is 0 Å². The highest BCUT2D eigenvalue weighted by Gasteiger charge is 2.14. The number of para-hydroxylation sites is 3. The Morgan fingerprint density at radius 1 is 0.625 bits per heavy atom. The molecule has 32 heavy (non-hydrogen) atoms. The number of hydrogen-bond donors (Lipinski definition) is 1. The lowest BCUT2D eigenvalue weighted by atomic mass is 10.1. The van der Waals surface area contributed by atoms with Crippen LogP contribution in [0.15, 0.2) is 109 Å². The summed E-state index contributed by atoms with van der Waals surface area (Å²) >= 11 is 0. The highest BCUT2D eigenvalue weighted by Crippen LogP contribution is 2.27. The van der Waals surface area contributed by atoms with Gasteiger partial charge in [-0.25, -0.2) is 0 Å². The van der Waals surface area contributed by atoms with Crippen molar-refractivity contribution >= 4 is 11.6 Å². The summed E-state index contributed by atoms with van der Waals surface area (Å²) in [5.74, 6) is 0.937. The lowest BCUT2D eigenvalue weighted by Gasteiger charge is -2.14. The first-order chi connectivity index (χ1) is 15.8. The normalized spacial score (nSPS) is 10.4. The molecule has 0 fully saturated rings. The molecular formula is C28H25NO3. The van der Waals surface area contributed by atoms with Crippen LogP contribution in [0.1, 0.15) is 21.5 Å². The molecule has 160 valence electrons. The van der Waals surface area contributed by atoms with Crippen LogP contribution >= 0.6 is 0 Å². The fraction of sp³-hybridized carbons (Fsp3) is 0.107. The predicted octanol–water partition coefficient (Wildman–Crippen LogP) is 6.14. The minimum atomic E-state index is -0.240. The molecule has 0 saturated carbocycles. The second kappa shape index (κ2) is 10.8. The maximum atomic E-state index is 13.0. The molecule has 0 aliphatic rings. The topological polar surface area (TPSA) is 47.6 Å². The van der Waals surface area contributed by atoms with Crippen molar-refractivity contribution in [3.8, 4) is 11.5 Å². The van der Waals surface area contributed by atoms with Gasteiger partial charge in [0.25, 0.3) is 5.91 Å². The second-order valence-electron chi connectivity index (χ2n) is 7.30. The lowest BCUT2D eigenvalue weighted by Crippen LogP contribution is -2.15. The summed E-state index contributed by atoms with van der Waals surface area (Å²) in [6.45, 7) is 0.915. The lowest BCUT2D eigenvalue weighted by molar-refractivity contribution is 0.102. The summed E-state index contributed by atoms with van der Waals surface area (Å²) < 4.78 is 11.9. The van der Waals surface area contributed by atoms with Crippen molar-refractivity contribution in [2.24, 2.45) is 0 Å². The number of amides is 1. The predicted molar refractivity (Wildman–Crippen MR) is 127 cm³/mol. The number of nitrogens with one attached hydrogen (secondary N) is 1. The largest absolute Gasteiger partial charge is 0.492 e. The standard InChI is InChI=1S/C28H25NO3/c30-28(24-15-7-9-17-26(24)31-20-19-22-11-3-1-4-12-22)29-25-16-8-10-18-27(25)32-21-23-13-5-2-6-14-23/h1-18H,19-21H2,(H,29,30). The van der Waals surface area contributed by atoms with Crippen LogP contribution < -0.4 is 14.8 Å². The van der Waals surface area contributed by atoms with Crippen LogP contribution in [0.3, 0.4) is 0 Å². The van der Waals surface area contributed by atoms with E-state index >= 15 is 0 Å². The zero-order valence-electron chi connectivity index (χ0n) is 17.7. The Balaban J connectivity index is 1.42. The Labute approximate surface area is 188 Å². The first kappa shape index (κ1) is 21.2. The highest BCUT2D eigenvalue weighted by molar-refractivity contribution is 6.06. The molecule has 4 aromatic carbocycles. The van der Waals surface area contributed by atoms with Crippen molar-refractivity contribution in [2.75, 3.05) is 11.9 Å². The number of ether oxygens (including phenoxy) is 2. The monoisotopic (exact) mass is 423 g/mol. The van der Waals surface area contributed by atoms with Gasteiger partial charge < -0.3 is 14.8 Å². The van der Waals surface area contributed by atoms with E-state index in [9.17, 15) is 4.79 Å². The molecule has 1 N–H and O–H groups in total. The minimum Gasteiger partial charge on any atom is -0.492 e. The number of carbonyl (C=O) groups is 1. The molecule has 0 heterocycles. The molecule has 0 aliphatic carbocycles. The number of rotatable bonds is 9. The summed E-state index contributed by atoms with van der Waals surface area (Å²) in [6, 6.07) is 34.8. The number of benzene rings is 4. The Hall–Kier alpha value is -4.05. The summed E-state index contributed by atoms with van der Waals surface area (Å²) in [5.41, 5.74) is 3.36. The van der Waals surface area contributed by atoms with Gasteiger partial charge in [0.1, 0.15) is 18.1 Å². The van der Waals surface area contributed by atoms with E-state index in [1.807, 2.05) is 91.0 Å². The third-order valence-corrected chi connectivity index (χ3v) is 5.00. The van der Waals surface area contributed by atoms with Crippen molar-refractivity contribution in [2.45, 2.75) is 13.0 Å². The zero-order valence-corrected chi connectivity index (χ0v) is 17.7. The summed E-state index contributed by atoms with van der Waals surface area (Å²) in [7, 11) is 0. The Morgan fingerprint density at radius 2 is 1.22 bits per heavy atom. The molecule has 0 radical (unpaired) electrons. The Bertz CT molecular complexity index is 1140. The van der Waals surface area contributed by atoms with Crippen molar-refractivity contribution in [1.82, 2.24) is 0 Å². The van der Waals surface area contributed by atoms with E-state index in [0.29, 0.717) is 36.0 Å². The number of hydrogen-bond acceptors (Lipinski definition) is 3. The fourth-order valence-electron chi connectivity index (χ4n) is 3.32. The van der Waals surface area contributed by atoms with Crippen LogP contribution in [0, 0.1) is 0 Å².